The van der Waals surface area contributed by atoms with Gasteiger partial charge in [0.2, 0.25) is 0 Å². The molecule has 2 aromatic carbocycles. The molecule has 7 heteroatoms. The van der Waals surface area contributed by atoms with Crippen molar-refractivity contribution in [1.29, 1.82) is 0 Å². The standard InChI is InChI=1S/C23H17Cl2NO3S/c24-18-10-4-9-17(21(18)25)19-12-11-16(29-19)14-20-22(27)26(23(28)30-20)13-5-8-15-6-2-1-3-7-15/h1-4,6-7,9-12,14H,5,8,13H2/b20-14-. The number of nitrogens with zero attached hydrogens (tertiary/aromatic N) is 1. The minimum absolute atomic E-state index is 0.260. The minimum atomic E-state index is -0.295. The molecule has 1 aliphatic heterocycles. The highest BCUT2D eigenvalue weighted by atomic mass is 35.5. The van der Waals surface area contributed by atoms with Crippen molar-refractivity contribution in [3.8, 4) is 11.3 Å². The van der Waals surface area contributed by atoms with Gasteiger partial charge in [0, 0.05) is 18.2 Å². The van der Waals surface area contributed by atoms with E-state index in [0.29, 0.717) is 45.0 Å². The predicted molar refractivity (Wildman–Crippen MR) is 122 cm³/mol. The number of carbonyl (C=O) groups is 2. The number of rotatable bonds is 6. The van der Waals surface area contributed by atoms with E-state index in [4.69, 9.17) is 27.6 Å². The van der Waals surface area contributed by atoms with Gasteiger partial charge < -0.3 is 4.42 Å². The van der Waals surface area contributed by atoms with Gasteiger partial charge >= 0.3 is 0 Å². The summed E-state index contributed by atoms with van der Waals surface area (Å²) in [7, 11) is 0. The van der Waals surface area contributed by atoms with Crippen LogP contribution in [0.4, 0.5) is 4.79 Å². The van der Waals surface area contributed by atoms with Crippen LogP contribution in [0.25, 0.3) is 17.4 Å². The maximum Gasteiger partial charge on any atom is 0.293 e. The first-order valence-electron chi connectivity index (χ1n) is 9.36. The molecule has 0 aliphatic carbocycles. The van der Waals surface area contributed by atoms with Crippen molar-refractivity contribution < 1.29 is 14.0 Å². The van der Waals surface area contributed by atoms with Crippen molar-refractivity contribution in [2.45, 2.75) is 12.8 Å². The van der Waals surface area contributed by atoms with Crippen LogP contribution < -0.4 is 0 Å². The highest BCUT2D eigenvalue weighted by molar-refractivity contribution is 8.18. The molecule has 0 bridgehead atoms. The molecule has 4 nitrogen and oxygen atoms in total. The molecule has 30 heavy (non-hydrogen) atoms. The summed E-state index contributed by atoms with van der Waals surface area (Å²) in [6, 6.07) is 18.8. The summed E-state index contributed by atoms with van der Waals surface area (Å²) < 4.78 is 5.81. The Morgan fingerprint density at radius 1 is 0.967 bits per heavy atom. The van der Waals surface area contributed by atoms with Crippen LogP contribution in [0.2, 0.25) is 10.0 Å². The quantitative estimate of drug-likeness (QED) is 0.376. The topological polar surface area (TPSA) is 50.5 Å². The number of imide groups is 1. The lowest BCUT2D eigenvalue weighted by molar-refractivity contribution is -0.122. The molecule has 2 amide bonds. The molecule has 4 rings (SSSR count). The van der Waals surface area contributed by atoms with Crippen molar-refractivity contribution in [2.24, 2.45) is 0 Å². The number of benzene rings is 2. The maximum atomic E-state index is 12.7. The van der Waals surface area contributed by atoms with E-state index < -0.39 is 0 Å². The Morgan fingerprint density at radius 2 is 1.77 bits per heavy atom. The molecule has 0 atom stereocenters. The normalized spacial score (nSPS) is 15.4. The summed E-state index contributed by atoms with van der Waals surface area (Å²) in [5.41, 5.74) is 1.85. The van der Waals surface area contributed by atoms with E-state index in [1.54, 1.807) is 36.4 Å². The van der Waals surface area contributed by atoms with Crippen LogP contribution in [0.1, 0.15) is 17.7 Å². The van der Waals surface area contributed by atoms with Crippen LogP contribution in [0.5, 0.6) is 0 Å². The number of aryl methyl sites for hydroxylation is 1. The van der Waals surface area contributed by atoms with Crippen LogP contribution >= 0.6 is 35.0 Å². The average molecular weight is 458 g/mol. The third-order valence-corrected chi connectivity index (χ3v) is 6.41. The highest BCUT2D eigenvalue weighted by Crippen LogP contribution is 2.36. The van der Waals surface area contributed by atoms with Gasteiger partial charge in [-0.2, -0.15) is 0 Å². The molecule has 1 aliphatic rings. The zero-order valence-corrected chi connectivity index (χ0v) is 18.1. The predicted octanol–water partition coefficient (Wildman–Crippen LogP) is 6.92. The Balaban J connectivity index is 1.44. The van der Waals surface area contributed by atoms with Crippen LogP contribution in [0.3, 0.4) is 0 Å². The smallest absolute Gasteiger partial charge is 0.293 e. The Bertz CT molecular complexity index is 1120. The summed E-state index contributed by atoms with van der Waals surface area (Å²) in [5.74, 6) is 0.712. The summed E-state index contributed by atoms with van der Waals surface area (Å²) in [5, 5.41) is 0.575. The lowest BCUT2D eigenvalue weighted by Gasteiger charge is -2.11. The van der Waals surface area contributed by atoms with Gasteiger partial charge in [0.05, 0.1) is 15.0 Å². The fraction of sp³-hybridized carbons (Fsp3) is 0.130. The molecular weight excluding hydrogens is 441 g/mol. The van der Waals surface area contributed by atoms with Gasteiger partial charge in [-0.05, 0) is 54.4 Å². The van der Waals surface area contributed by atoms with E-state index in [9.17, 15) is 9.59 Å². The summed E-state index contributed by atoms with van der Waals surface area (Å²) in [6.45, 7) is 0.387. The minimum Gasteiger partial charge on any atom is -0.457 e. The SMILES string of the molecule is O=C1S/C(=C\c2ccc(-c3cccc(Cl)c3Cl)o2)C(=O)N1CCCc1ccccc1. The number of thioether (sulfide) groups is 1. The second-order valence-corrected chi connectivity index (χ2v) is 8.50. The fourth-order valence-electron chi connectivity index (χ4n) is 3.18. The van der Waals surface area contributed by atoms with E-state index >= 15 is 0 Å². The Morgan fingerprint density at radius 3 is 2.57 bits per heavy atom. The summed E-state index contributed by atoms with van der Waals surface area (Å²) in [6.07, 6.45) is 3.11. The zero-order chi connectivity index (χ0) is 21.1. The van der Waals surface area contributed by atoms with Gasteiger partial charge in [0.15, 0.2) is 0 Å². The van der Waals surface area contributed by atoms with Gasteiger partial charge in [-0.25, -0.2) is 0 Å². The number of carbonyl (C=O) groups excluding carboxylic acids is 2. The molecule has 0 saturated carbocycles. The van der Waals surface area contributed by atoms with Crippen molar-refractivity contribution in [3.63, 3.8) is 0 Å². The largest absolute Gasteiger partial charge is 0.457 e. The third-order valence-electron chi connectivity index (χ3n) is 4.68. The number of halogens is 2. The molecule has 3 aromatic rings. The maximum absolute atomic E-state index is 12.7. The van der Waals surface area contributed by atoms with Crippen molar-refractivity contribution in [1.82, 2.24) is 4.90 Å². The number of amides is 2. The van der Waals surface area contributed by atoms with E-state index in [-0.39, 0.29) is 11.1 Å². The molecule has 2 heterocycles. The van der Waals surface area contributed by atoms with Crippen molar-refractivity contribution in [3.05, 3.63) is 86.9 Å². The van der Waals surface area contributed by atoms with E-state index in [0.717, 1.165) is 18.2 Å². The lowest BCUT2D eigenvalue weighted by Crippen LogP contribution is -2.29. The van der Waals surface area contributed by atoms with Gasteiger partial charge in [0.25, 0.3) is 11.1 Å². The monoisotopic (exact) mass is 457 g/mol. The van der Waals surface area contributed by atoms with Gasteiger partial charge in [-0.1, -0.05) is 59.6 Å². The zero-order valence-electron chi connectivity index (χ0n) is 15.8. The first kappa shape index (κ1) is 20.8. The molecule has 1 aromatic heterocycles. The second kappa shape index (κ2) is 9.13. The first-order valence-corrected chi connectivity index (χ1v) is 10.9. The molecular formula is C23H17Cl2NO3S. The first-order chi connectivity index (χ1) is 14.5. The van der Waals surface area contributed by atoms with Gasteiger partial charge in [-0.15, -0.1) is 0 Å². The molecule has 152 valence electrons. The Hall–Kier alpha value is -2.47. The molecule has 1 fully saturated rings. The lowest BCUT2D eigenvalue weighted by atomic mass is 10.1. The molecule has 0 spiro atoms. The van der Waals surface area contributed by atoms with Crippen LogP contribution in [-0.4, -0.2) is 22.6 Å². The summed E-state index contributed by atoms with van der Waals surface area (Å²) >= 11 is 13.2. The van der Waals surface area contributed by atoms with E-state index in [1.807, 2.05) is 30.3 Å². The van der Waals surface area contributed by atoms with Gasteiger partial charge in [-0.3, -0.25) is 14.5 Å². The van der Waals surface area contributed by atoms with Crippen molar-refractivity contribution in [2.75, 3.05) is 6.54 Å². The van der Waals surface area contributed by atoms with E-state index in [2.05, 4.69) is 0 Å². The average Bonchev–Trinajstić information content (AvgIpc) is 3.31. The highest BCUT2D eigenvalue weighted by Gasteiger charge is 2.34. The number of hydrogen-bond acceptors (Lipinski definition) is 4. The Kier molecular flexibility index (Phi) is 6.32. The van der Waals surface area contributed by atoms with Gasteiger partial charge in [0.1, 0.15) is 11.5 Å². The number of hydrogen-bond donors (Lipinski definition) is 0. The Labute approximate surface area is 188 Å². The van der Waals surface area contributed by atoms with Crippen LogP contribution in [0.15, 0.2) is 70.0 Å². The molecule has 0 radical (unpaired) electrons. The van der Waals surface area contributed by atoms with Crippen molar-refractivity contribution >= 4 is 52.2 Å². The fourth-order valence-corrected chi connectivity index (χ4v) is 4.42. The van der Waals surface area contributed by atoms with Crippen LogP contribution in [0, 0.1) is 0 Å². The number of furan rings is 1. The second-order valence-electron chi connectivity index (χ2n) is 6.73. The van der Waals surface area contributed by atoms with E-state index in [1.165, 1.54) is 10.5 Å². The molecule has 0 N–H and O–H groups in total. The molecule has 0 unspecified atom stereocenters. The summed E-state index contributed by atoms with van der Waals surface area (Å²) in [4.78, 5) is 26.6. The van der Waals surface area contributed by atoms with Crippen LogP contribution in [-0.2, 0) is 11.2 Å². The molecule has 1 saturated heterocycles. The third kappa shape index (κ3) is 4.48.